The van der Waals surface area contributed by atoms with E-state index in [9.17, 15) is 4.79 Å². The zero-order chi connectivity index (χ0) is 17.5. The topological polar surface area (TPSA) is 38.7 Å². The second kappa shape index (κ2) is 8.06. The molecule has 0 bridgehead atoms. The van der Waals surface area contributed by atoms with Gasteiger partial charge in [0, 0.05) is 5.56 Å². The molecule has 0 heterocycles. The summed E-state index contributed by atoms with van der Waals surface area (Å²) < 4.78 is 5.12. The van der Waals surface area contributed by atoms with Crippen LogP contribution in [0.5, 0.6) is 5.75 Å². The van der Waals surface area contributed by atoms with Gasteiger partial charge in [0.2, 0.25) is 5.78 Å². The van der Waals surface area contributed by atoms with Crippen LogP contribution in [-0.4, -0.2) is 19.1 Å². The Morgan fingerprint density at radius 1 is 0.840 bits per heavy atom. The van der Waals surface area contributed by atoms with Gasteiger partial charge < -0.3 is 4.74 Å². The minimum atomic E-state index is -0.204. The highest BCUT2D eigenvalue weighted by atomic mass is 16.5. The van der Waals surface area contributed by atoms with Crippen molar-refractivity contribution >= 4 is 12.0 Å². The maximum Gasteiger partial charge on any atom is 0.203 e. The molecule has 0 aliphatic heterocycles. The van der Waals surface area contributed by atoms with Gasteiger partial charge in [0.25, 0.3) is 0 Å². The molecule has 0 N–H and O–H groups in total. The minimum Gasteiger partial charge on any atom is -0.497 e. The molecule has 0 unspecified atom stereocenters. The van der Waals surface area contributed by atoms with E-state index in [0.29, 0.717) is 5.56 Å². The van der Waals surface area contributed by atoms with Crippen molar-refractivity contribution in [2.75, 3.05) is 7.11 Å². The monoisotopic (exact) mass is 329 g/mol. The molecule has 3 aromatic rings. The largest absolute Gasteiger partial charge is 0.497 e. The van der Waals surface area contributed by atoms with Crippen LogP contribution >= 0.6 is 0 Å². The van der Waals surface area contributed by atoms with Crippen LogP contribution in [0.15, 0.2) is 89.9 Å². The van der Waals surface area contributed by atoms with E-state index in [0.717, 1.165) is 16.9 Å². The zero-order valence-electron chi connectivity index (χ0n) is 14.0. The quantitative estimate of drug-likeness (QED) is 0.484. The van der Waals surface area contributed by atoms with Gasteiger partial charge in [-0.15, -0.1) is 0 Å². The highest BCUT2D eigenvalue weighted by Crippen LogP contribution is 2.25. The van der Waals surface area contributed by atoms with Crippen LogP contribution in [0, 0.1) is 0 Å². The number of Topliss-reactive ketones (excluding diaryl/α,β-unsaturated/α-hetero) is 1. The summed E-state index contributed by atoms with van der Waals surface area (Å²) in [5.41, 5.74) is 2.68. The third-order valence-electron chi connectivity index (χ3n) is 3.95. The fourth-order valence-corrected chi connectivity index (χ4v) is 2.61. The van der Waals surface area contributed by atoms with Crippen molar-refractivity contribution in [3.05, 3.63) is 102 Å². The average molecular weight is 329 g/mol. The maximum absolute atomic E-state index is 12.4. The molecular weight excluding hydrogens is 310 g/mol. The molecule has 0 radical (unpaired) electrons. The average Bonchev–Trinajstić information content (AvgIpc) is 2.70. The summed E-state index contributed by atoms with van der Waals surface area (Å²) in [6, 6.07) is 26.8. The number of hydrogen-bond acceptors (Lipinski definition) is 3. The van der Waals surface area contributed by atoms with Gasteiger partial charge in [0.05, 0.1) is 13.3 Å². The summed E-state index contributed by atoms with van der Waals surface area (Å²) >= 11 is 0. The number of hydrogen-bond donors (Lipinski definition) is 0. The van der Waals surface area contributed by atoms with E-state index in [1.165, 1.54) is 6.21 Å². The Kier molecular flexibility index (Phi) is 5.37. The molecule has 0 aromatic heterocycles. The van der Waals surface area contributed by atoms with Crippen molar-refractivity contribution < 1.29 is 9.53 Å². The van der Waals surface area contributed by atoms with E-state index in [1.54, 1.807) is 31.4 Å². The predicted octanol–water partition coefficient (Wildman–Crippen LogP) is 4.74. The molecular formula is C22H19NO2. The number of benzene rings is 3. The zero-order valence-corrected chi connectivity index (χ0v) is 14.0. The van der Waals surface area contributed by atoms with E-state index in [1.807, 2.05) is 60.7 Å². The highest BCUT2D eigenvalue weighted by molar-refractivity contribution is 6.35. The molecule has 0 saturated carbocycles. The van der Waals surface area contributed by atoms with Crippen LogP contribution < -0.4 is 4.74 Å². The lowest BCUT2D eigenvalue weighted by Gasteiger charge is -2.13. The molecule has 3 rings (SSSR count). The summed E-state index contributed by atoms with van der Waals surface area (Å²) in [5, 5.41) is 0. The summed E-state index contributed by atoms with van der Waals surface area (Å²) in [5.74, 6) is 0.597. The number of methoxy groups -OCH3 is 1. The number of aliphatic imine (C=N–C) groups is 1. The van der Waals surface area contributed by atoms with Crippen molar-refractivity contribution in [2.45, 2.75) is 6.04 Å². The summed E-state index contributed by atoms with van der Waals surface area (Å²) in [4.78, 5) is 17.0. The first kappa shape index (κ1) is 16.7. The smallest absolute Gasteiger partial charge is 0.203 e. The first-order chi connectivity index (χ1) is 12.3. The molecule has 25 heavy (non-hydrogen) atoms. The third-order valence-corrected chi connectivity index (χ3v) is 3.95. The Bertz CT molecular complexity index is 801. The number of carbonyl (C=O) groups excluding carboxylic acids is 1. The van der Waals surface area contributed by atoms with Gasteiger partial charge in [-0.1, -0.05) is 60.7 Å². The van der Waals surface area contributed by atoms with Crippen molar-refractivity contribution in [3.8, 4) is 5.75 Å². The number of ketones is 1. The summed E-state index contributed by atoms with van der Waals surface area (Å²) in [7, 11) is 1.60. The van der Waals surface area contributed by atoms with Crippen LogP contribution in [0.1, 0.15) is 27.5 Å². The Labute approximate surface area is 147 Å². The standard InChI is InChI=1S/C22H19NO2/c1-25-20-14-12-17(13-15-20)21(24)16-23-22(18-8-4-2-5-9-18)19-10-6-3-7-11-19/h2-16,22H,1H3. The molecule has 0 aliphatic rings. The Morgan fingerprint density at radius 2 is 1.36 bits per heavy atom. The van der Waals surface area contributed by atoms with E-state index in [4.69, 9.17) is 4.74 Å². The normalized spacial score (nSPS) is 11.0. The molecule has 3 heteroatoms. The fraction of sp³-hybridized carbons (Fsp3) is 0.0909. The Balaban J connectivity index is 1.86. The molecule has 0 atom stereocenters. The minimum absolute atomic E-state index is 0.125. The lowest BCUT2D eigenvalue weighted by molar-refractivity contribution is 0.107. The number of nitrogens with zero attached hydrogens (tertiary/aromatic N) is 1. The summed E-state index contributed by atoms with van der Waals surface area (Å²) in [6.07, 6.45) is 1.41. The van der Waals surface area contributed by atoms with Gasteiger partial charge in [-0.25, -0.2) is 0 Å². The molecule has 124 valence electrons. The third kappa shape index (κ3) is 4.21. The fourth-order valence-electron chi connectivity index (χ4n) is 2.61. The first-order valence-corrected chi connectivity index (χ1v) is 8.09. The van der Waals surface area contributed by atoms with E-state index in [2.05, 4.69) is 4.99 Å². The van der Waals surface area contributed by atoms with Gasteiger partial charge in [0.15, 0.2) is 0 Å². The Hall–Kier alpha value is -3.20. The first-order valence-electron chi connectivity index (χ1n) is 8.09. The van der Waals surface area contributed by atoms with E-state index >= 15 is 0 Å². The van der Waals surface area contributed by atoms with Crippen LogP contribution in [0.2, 0.25) is 0 Å². The highest BCUT2D eigenvalue weighted by Gasteiger charge is 2.12. The number of carbonyl (C=O) groups is 1. The second-order valence-electron chi connectivity index (χ2n) is 5.59. The van der Waals surface area contributed by atoms with Crippen molar-refractivity contribution in [1.29, 1.82) is 0 Å². The van der Waals surface area contributed by atoms with Crippen LogP contribution in [0.4, 0.5) is 0 Å². The Morgan fingerprint density at radius 3 is 1.84 bits per heavy atom. The second-order valence-corrected chi connectivity index (χ2v) is 5.59. The predicted molar refractivity (Wildman–Crippen MR) is 101 cm³/mol. The SMILES string of the molecule is COc1ccc(C(=O)C=NC(c2ccccc2)c2ccccc2)cc1. The van der Waals surface area contributed by atoms with Gasteiger partial charge in [-0.2, -0.15) is 0 Å². The summed E-state index contributed by atoms with van der Waals surface area (Å²) in [6.45, 7) is 0. The van der Waals surface area contributed by atoms with E-state index in [-0.39, 0.29) is 11.8 Å². The van der Waals surface area contributed by atoms with Gasteiger partial charge in [-0.3, -0.25) is 9.79 Å². The molecule has 0 amide bonds. The van der Waals surface area contributed by atoms with E-state index < -0.39 is 0 Å². The van der Waals surface area contributed by atoms with Crippen molar-refractivity contribution in [1.82, 2.24) is 0 Å². The van der Waals surface area contributed by atoms with Gasteiger partial charge in [0.1, 0.15) is 11.8 Å². The lowest BCUT2D eigenvalue weighted by atomic mass is 9.99. The molecule has 3 aromatic carbocycles. The van der Waals surface area contributed by atoms with Gasteiger partial charge in [-0.05, 0) is 35.4 Å². The lowest BCUT2D eigenvalue weighted by Crippen LogP contribution is -2.04. The maximum atomic E-state index is 12.4. The molecule has 0 saturated heterocycles. The molecule has 0 aliphatic carbocycles. The van der Waals surface area contributed by atoms with Crippen molar-refractivity contribution in [3.63, 3.8) is 0 Å². The molecule has 0 spiro atoms. The number of ether oxygens (including phenoxy) is 1. The van der Waals surface area contributed by atoms with Crippen molar-refractivity contribution in [2.24, 2.45) is 4.99 Å². The van der Waals surface area contributed by atoms with Crippen LogP contribution in [0.3, 0.4) is 0 Å². The van der Waals surface area contributed by atoms with Crippen LogP contribution in [-0.2, 0) is 0 Å². The number of rotatable bonds is 6. The molecule has 0 fully saturated rings. The van der Waals surface area contributed by atoms with Gasteiger partial charge >= 0.3 is 0 Å². The van der Waals surface area contributed by atoms with Crippen LogP contribution in [0.25, 0.3) is 0 Å². The molecule has 3 nitrogen and oxygen atoms in total.